The molecule has 1 unspecified atom stereocenters. The Morgan fingerprint density at radius 1 is 0.889 bits per heavy atom. The molecule has 1 fully saturated rings. The van der Waals surface area contributed by atoms with Crippen molar-refractivity contribution in [2.75, 3.05) is 7.05 Å². The zero-order chi connectivity index (χ0) is 29.9. The first-order chi connectivity index (χ1) is 16.9. The summed E-state index contributed by atoms with van der Waals surface area (Å²) in [5, 5.41) is 16.0. The average molecular weight is 528 g/mol. The number of aliphatic hydroxyl groups excluding tert-OH is 1. The van der Waals surface area contributed by atoms with Gasteiger partial charge in [0.2, 0.25) is 0 Å². The van der Waals surface area contributed by atoms with E-state index in [9.17, 15) is 0 Å². The van der Waals surface area contributed by atoms with E-state index in [0.29, 0.717) is 5.41 Å². The van der Waals surface area contributed by atoms with Gasteiger partial charge in [0.15, 0.2) is 0 Å². The minimum Gasteiger partial charge on any atom is -0.368 e. The zero-order valence-electron chi connectivity index (χ0n) is 25.7. The molecule has 0 aliphatic heterocycles. The molecule has 5 heteroatoms. The molecule has 0 radical (unpaired) electrons. The highest BCUT2D eigenvalue weighted by molar-refractivity contribution is 6.30. The summed E-state index contributed by atoms with van der Waals surface area (Å²) in [5.41, 5.74) is 10.5. The first-order valence-electron chi connectivity index (χ1n) is 13.1. The molecule has 2 aromatic rings. The lowest BCUT2D eigenvalue weighted by molar-refractivity contribution is -0.106. The lowest BCUT2D eigenvalue weighted by atomic mass is 10.0. The lowest BCUT2D eigenvalue weighted by Crippen LogP contribution is -1.92. The fraction of sp³-hybridized carbons (Fsp3) is 0.581. The Balaban J connectivity index is -0.000000119. The molecule has 1 aliphatic rings. The third kappa shape index (κ3) is 26.9. The molecule has 4 nitrogen and oxygen atoms in total. The largest absolute Gasteiger partial charge is 0.368 e. The van der Waals surface area contributed by atoms with Crippen molar-refractivity contribution < 1.29 is 15.0 Å². The van der Waals surface area contributed by atoms with Crippen LogP contribution in [0.15, 0.2) is 42.5 Å². The summed E-state index contributed by atoms with van der Waals surface area (Å²) in [6.07, 6.45) is 0.941. The third-order valence-corrected chi connectivity index (χ3v) is 4.70. The van der Waals surface area contributed by atoms with Crippen LogP contribution in [0.1, 0.15) is 104 Å². The Morgan fingerprint density at radius 2 is 1.22 bits per heavy atom. The van der Waals surface area contributed by atoms with Gasteiger partial charge >= 0.3 is 0 Å². The molecule has 0 saturated heterocycles. The summed E-state index contributed by atoms with van der Waals surface area (Å²) in [7, 11) is 1.50. The number of rotatable bonds is 1. The minimum absolute atomic E-state index is 0.565. The fourth-order valence-electron chi connectivity index (χ4n) is 2.54. The lowest BCUT2D eigenvalue weighted by Gasteiger charge is -2.03. The molecule has 1 saturated carbocycles. The SMILES string of the molecule is CC.CC.CC.CC(O)O.CC=O.CN.Cc1ccc(C2CC2(C)C)cc1.Cc1ccc(Cl)cc1C. The molecule has 1 aliphatic carbocycles. The third-order valence-electron chi connectivity index (χ3n) is 4.46. The monoisotopic (exact) mass is 527 g/mol. The van der Waals surface area contributed by atoms with Gasteiger partial charge in [0.1, 0.15) is 12.6 Å². The molecular formula is C31H58ClNO3. The van der Waals surface area contributed by atoms with Gasteiger partial charge in [-0.15, -0.1) is 0 Å². The van der Waals surface area contributed by atoms with E-state index in [1.54, 1.807) is 0 Å². The highest BCUT2D eigenvalue weighted by Crippen LogP contribution is 2.58. The summed E-state index contributed by atoms with van der Waals surface area (Å²) in [5.74, 6) is 0.818. The van der Waals surface area contributed by atoms with Crippen molar-refractivity contribution in [3.05, 3.63) is 69.7 Å². The number of carbonyl (C=O) groups excluding carboxylic acids is 1. The predicted molar refractivity (Wildman–Crippen MR) is 163 cm³/mol. The van der Waals surface area contributed by atoms with E-state index >= 15 is 0 Å². The molecule has 212 valence electrons. The summed E-state index contributed by atoms with van der Waals surface area (Å²) in [6.45, 7) is 25.7. The van der Waals surface area contributed by atoms with E-state index < -0.39 is 6.29 Å². The topological polar surface area (TPSA) is 83.5 Å². The number of hydrogen-bond donors (Lipinski definition) is 3. The summed E-state index contributed by atoms with van der Waals surface area (Å²) < 4.78 is 0. The zero-order valence-corrected chi connectivity index (χ0v) is 26.5. The van der Waals surface area contributed by atoms with Crippen molar-refractivity contribution in [1.29, 1.82) is 0 Å². The number of aliphatic hydroxyl groups is 2. The van der Waals surface area contributed by atoms with Crippen LogP contribution in [0, 0.1) is 26.2 Å². The van der Waals surface area contributed by atoms with Gasteiger partial charge in [-0.1, -0.05) is 103 Å². The van der Waals surface area contributed by atoms with Crippen molar-refractivity contribution in [3.63, 3.8) is 0 Å². The Hall–Kier alpha value is -1.72. The second-order valence-corrected chi connectivity index (χ2v) is 8.19. The van der Waals surface area contributed by atoms with E-state index in [0.717, 1.165) is 17.2 Å². The second kappa shape index (κ2) is 29.5. The van der Waals surface area contributed by atoms with Gasteiger partial charge in [-0.3, -0.25) is 0 Å². The van der Waals surface area contributed by atoms with Crippen molar-refractivity contribution in [3.8, 4) is 0 Å². The molecule has 3 rings (SSSR count). The van der Waals surface area contributed by atoms with Gasteiger partial charge in [0, 0.05) is 5.02 Å². The molecule has 2 aromatic carbocycles. The Labute approximate surface area is 229 Å². The van der Waals surface area contributed by atoms with Crippen molar-refractivity contribution in [2.24, 2.45) is 11.1 Å². The van der Waals surface area contributed by atoms with Crippen LogP contribution in [0.4, 0.5) is 0 Å². The molecule has 0 aromatic heterocycles. The Morgan fingerprint density at radius 3 is 1.47 bits per heavy atom. The minimum atomic E-state index is -1.17. The quantitative estimate of drug-likeness (QED) is 0.256. The van der Waals surface area contributed by atoms with Crippen molar-refractivity contribution >= 4 is 17.9 Å². The van der Waals surface area contributed by atoms with Crippen LogP contribution in [0.2, 0.25) is 5.02 Å². The first-order valence-corrected chi connectivity index (χ1v) is 13.4. The average Bonchev–Trinajstić information content (AvgIpc) is 3.51. The summed E-state index contributed by atoms with van der Waals surface area (Å²) in [6, 6.07) is 14.9. The highest BCUT2D eigenvalue weighted by Gasteiger charge is 2.46. The molecule has 0 spiro atoms. The number of aldehydes is 1. The van der Waals surface area contributed by atoms with Gasteiger partial charge in [-0.05, 0) is 88.2 Å². The van der Waals surface area contributed by atoms with E-state index in [2.05, 4.69) is 64.6 Å². The maximum atomic E-state index is 8.81. The number of aryl methyl sites for hydroxylation is 3. The van der Waals surface area contributed by atoms with Crippen LogP contribution in [0.3, 0.4) is 0 Å². The van der Waals surface area contributed by atoms with Gasteiger partial charge in [-0.25, -0.2) is 0 Å². The van der Waals surface area contributed by atoms with E-state index in [-0.39, 0.29) is 0 Å². The van der Waals surface area contributed by atoms with Crippen LogP contribution < -0.4 is 5.73 Å². The van der Waals surface area contributed by atoms with Crippen LogP contribution >= 0.6 is 11.6 Å². The number of carbonyl (C=O) groups is 1. The second-order valence-electron chi connectivity index (χ2n) is 7.75. The van der Waals surface area contributed by atoms with E-state index in [1.807, 2.05) is 59.7 Å². The number of halogens is 1. The van der Waals surface area contributed by atoms with Crippen LogP contribution in [0.5, 0.6) is 0 Å². The Kier molecular flexibility index (Phi) is 36.3. The van der Waals surface area contributed by atoms with Crippen LogP contribution in [-0.2, 0) is 4.79 Å². The van der Waals surface area contributed by atoms with Gasteiger partial charge < -0.3 is 20.7 Å². The molecular weight excluding hydrogens is 470 g/mol. The maximum absolute atomic E-state index is 8.81. The first kappa shape index (κ1) is 44.3. The summed E-state index contributed by atoms with van der Waals surface area (Å²) >= 11 is 5.72. The van der Waals surface area contributed by atoms with E-state index in [4.69, 9.17) is 26.6 Å². The molecule has 0 heterocycles. The molecule has 0 amide bonds. The Bertz CT molecular complexity index is 712. The number of nitrogens with two attached hydrogens (primary N) is 1. The smallest absolute Gasteiger partial charge is 0.148 e. The van der Waals surface area contributed by atoms with Crippen LogP contribution in [-0.4, -0.2) is 29.8 Å². The number of hydrogen-bond acceptors (Lipinski definition) is 4. The van der Waals surface area contributed by atoms with Crippen molar-refractivity contribution in [1.82, 2.24) is 0 Å². The highest BCUT2D eigenvalue weighted by atomic mass is 35.5. The normalized spacial score (nSPS) is 12.9. The molecule has 36 heavy (non-hydrogen) atoms. The van der Waals surface area contributed by atoms with Gasteiger partial charge in [-0.2, -0.15) is 0 Å². The van der Waals surface area contributed by atoms with Gasteiger partial charge in [0.05, 0.1) is 0 Å². The van der Waals surface area contributed by atoms with E-state index in [1.165, 1.54) is 49.6 Å². The van der Waals surface area contributed by atoms with Crippen molar-refractivity contribution in [2.45, 2.75) is 109 Å². The molecule has 1 atom stereocenters. The van der Waals surface area contributed by atoms with Crippen LogP contribution in [0.25, 0.3) is 0 Å². The maximum Gasteiger partial charge on any atom is 0.148 e. The standard InChI is InChI=1S/C12H16.C8H9Cl.C2H6O2.C2H4O.3C2H6.CH5N/c1-9-4-6-10(7-5-9)11-8-12(11,2)3;1-6-3-4-8(9)5-7(6)2;1-2(3)4;1-2-3;4*1-2/h4-7,11H,8H2,1-3H3;3-5H,1-2H3;2-4H,1H3;2H,1H3;3*1-2H3;2H2,1H3. The van der Waals surface area contributed by atoms with Gasteiger partial charge in [0.25, 0.3) is 0 Å². The molecule has 0 bridgehead atoms. The fourth-order valence-corrected chi connectivity index (χ4v) is 2.77. The molecule has 4 N–H and O–H groups in total. The number of benzene rings is 2. The predicted octanol–water partition coefficient (Wildman–Crippen LogP) is 8.64. The summed E-state index contributed by atoms with van der Waals surface area (Å²) in [4.78, 5) is 8.81.